The third kappa shape index (κ3) is 3.86. The topological polar surface area (TPSA) is 107 Å². The van der Waals surface area contributed by atoms with Crippen LogP contribution in [0.15, 0.2) is 53.6 Å². The molecule has 0 saturated heterocycles. The van der Waals surface area contributed by atoms with Crippen LogP contribution in [0.3, 0.4) is 0 Å². The van der Waals surface area contributed by atoms with E-state index < -0.39 is 16.6 Å². The van der Waals surface area contributed by atoms with Crippen molar-refractivity contribution in [1.29, 1.82) is 0 Å². The van der Waals surface area contributed by atoms with Gasteiger partial charge in [0.2, 0.25) is 0 Å². The van der Waals surface area contributed by atoms with E-state index in [4.69, 9.17) is 4.74 Å². The molecule has 8 nitrogen and oxygen atoms in total. The van der Waals surface area contributed by atoms with Gasteiger partial charge in [-0.2, -0.15) is 0 Å². The largest absolute Gasteiger partial charge is 0.491 e. The van der Waals surface area contributed by atoms with E-state index in [9.17, 15) is 20.0 Å². The van der Waals surface area contributed by atoms with Gasteiger partial charge in [-0.1, -0.05) is 12.1 Å². The van der Waals surface area contributed by atoms with Crippen molar-refractivity contribution in [3.63, 3.8) is 0 Å². The second-order valence-corrected chi connectivity index (χ2v) is 5.94. The zero-order valence-corrected chi connectivity index (χ0v) is 14.0. The van der Waals surface area contributed by atoms with Crippen molar-refractivity contribution in [2.24, 2.45) is 0 Å². The minimum atomic E-state index is -0.939. The van der Waals surface area contributed by atoms with E-state index in [2.05, 4.69) is 4.98 Å². The van der Waals surface area contributed by atoms with Gasteiger partial charge in [0.15, 0.2) is 0 Å². The van der Waals surface area contributed by atoms with Gasteiger partial charge in [0.1, 0.15) is 18.5 Å². The summed E-state index contributed by atoms with van der Waals surface area (Å²) in [5.41, 5.74) is 0.765. The van der Waals surface area contributed by atoms with Crippen LogP contribution in [0.5, 0.6) is 5.75 Å². The van der Waals surface area contributed by atoms with Gasteiger partial charge in [-0.05, 0) is 30.7 Å². The van der Waals surface area contributed by atoms with Gasteiger partial charge in [-0.3, -0.25) is 19.5 Å². The summed E-state index contributed by atoms with van der Waals surface area (Å²) in [6.45, 7) is 1.90. The summed E-state index contributed by atoms with van der Waals surface area (Å²) in [4.78, 5) is 26.9. The summed E-state index contributed by atoms with van der Waals surface area (Å²) in [6.07, 6.45) is 0.373. The maximum absolute atomic E-state index is 12.5. The number of nitro benzene ring substituents is 1. The van der Waals surface area contributed by atoms with Crippen molar-refractivity contribution in [2.75, 3.05) is 6.61 Å². The fourth-order valence-corrected chi connectivity index (χ4v) is 2.57. The molecule has 1 N–H and O–H groups in total. The Labute approximate surface area is 148 Å². The number of ether oxygens (including phenoxy) is 1. The second-order valence-electron chi connectivity index (χ2n) is 5.94. The molecule has 8 heteroatoms. The molecule has 1 atom stereocenters. The normalized spacial score (nSPS) is 12.1. The summed E-state index contributed by atoms with van der Waals surface area (Å²) < 4.78 is 6.74. The fourth-order valence-electron chi connectivity index (χ4n) is 2.57. The van der Waals surface area contributed by atoms with Crippen molar-refractivity contribution in [2.45, 2.75) is 19.6 Å². The van der Waals surface area contributed by atoms with Crippen LogP contribution < -0.4 is 10.3 Å². The third-order valence-electron chi connectivity index (χ3n) is 3.86. The lowest BCUT2D eigenvalue weighted by Crippen LogP contribution is -2.30. The number of nitro groups is 1. The average Bonchev–Trinajstić information content (AvgIpc) is 2.62. The number of fused-ring (bicyclic) bond motifs is 1. The molecule has 0 radical (unpaired) electrons. The minimum Gasteiger partial charge on any atom is -0.491 e. The number of nitrogens with zero attached hydrogens (tertiary/aromatic N) is 3. The summed E-state index contributed by atoms with van der Waals surface area (Å²) in [6, 6.07) is 11.3. The third-order valence-corrected chi connectivity index (χ3v) is 3.86. The SMILES string of the molecule is Cc1cccc(OCC(O)Cn2cnc3ccc([N+](=O)[O-])cc3c2=O)c1. The van der Waals surface area contributed by atoms with E-state index in [-0.39, 0.29) is 24.2 Å². The van der Waals surface area contributed by atoms with Crippen LogP contribution in [0.2, 0.25) is 0 Å². The first-order chi connectivity index (χ1) is 12.4. The Kier molecular flexibility index (Phi) is 4.94. The molecule has 3 aromatic rings. The summed E-state index contributed by atoms with van der Waals surface area (Å²) in [5, 5.41) is 21.2. The highest BCUT2D eigenvalue weighted by molar-refractivity contribution is 5.79. The van der Waals surface area contributed by atoms with E-state index in [0.29, 0.717) is 11.3 Å². The Balaban J connectivity index is 1.76. The lowest BCUT2D eigenvalue weighted by Gasteiger charge is -2.14. The molecule has 0 aliphatic heterocycles. The molecular weight excluding hydrogens is 338 g/mol. The molecule has 134 valence electrons. The number of aromatic nitrogens is 2. The Morgan fingerprint density at radius 1 is 1.31 bits per heavy atom. The molecule has 0 aliphatic rings. The highest BCUT2D eigenvalue weighted by Gasteiger charge is 2.13. The highest BCUT2D eigenvalue weighted by Crippen LogP contribution is 2.16. The first-order valence-corrected chi connectivity index (χ1v) is 7.95. The number of hydrogen-bond donors (Lipinski definition) is 1. The maximum Gasteiger partial charge on any atom is 0.270 e. The van der Waals surface area contributed by atoms with Gasteiger partial charge < -0.3 is 9.84 Å². The predicted molar refractivity (Wildman–Crippen MR) is 95.3 cm³/mol. The molecule has 0 amide bonds. The average molecular weight is 355 g/mol. The fraction of sp³-hybridized carbons (Fsp3) is 0.222. The van der Waals surface area contributed by atoms with Crippen molar-refractivity contribution in [3.05, 3.63) is 74.8 Å². The summed E-state index contributed by atoms with van der Waals surface area (Å²) in [7, 11) is 0. The Hall–Kier alpha value is -3.26. The Bertz CT molecular complexity index is 1020. The lowest BCUT2D eigenvalue weighted by atomic mass is 10.2. The summed E-state index contributed by atoms with van der Waals surface area (Å²) >= 11 is 0. The molecule has 1 heterocycles. The monoisotopic (exact) mass is 355 g/mol. The van der Waals surface area contributed by atoms with Crippen LogP contribution >= 0.6 is 0 Å². The summed E-state index contributed by atoms with van der Waals surface area (Å²) in [5.74, 6) is 0.628. The van der Waals surface area contributed by atoms with E-state index in [1.807, 2.05) is 25.1 Å². The van der Waals surface area contributed by atoms with Crippen molar-refractivity contribution < 1.29 is 14.8 Å². The quantitative estimate of drug-likeness (QED) is 0.536. The number of aryl methyl sites for hydroxylation is 1. The molecule has 0 saturated carbocycles. The first-order valence-electron chi connectivity index (χ1n) is 7.95. The van der Waals surface area contributed by atoms with Gasteiger partial charge in [0, 0.05) is 12.1 Å². The molecule has 0 spiro atoms. The number of hydrogen-bond acceptors (Lipinski definition) is 6. The number of rotatable bonds is 6. The number of non-ortho nitro benzene ring substituents is 1. The van der Waals surface area contributed by atoms with E-state index in [1.165, 1.54) is 29.1 Å². The van der Waals surface area contributed by atoms with Crippen LogP contribution in [0.25, 0.3) is 10.9 Å². The van der Waals surface area contributed by atoms with Crippen LogP contribution in [0, 0.1) is 17.0 Å². The number of aliphatic hydroxyl groups is 1. The zero-order valence-electron chi connectivity index (χ0n) is 14.0. The lowest BCUT2D eigenvalue weighted by molar-refractivity contribution is -0.384. The van der Waals surface area contributed by atoms with Crippen LogP contribution in [-0.2, 0) is 6.54 Å². The number of aliphatic hydroxyl groups excluding tert-OH is 1. The Morgan fingerprint density at radius 3 is 2.85 bits per heavy atom. The molecule has 3 rings (SSSR count). The first kappa shape index (κ1) is 17.6. The maximum atomic E-state index is 12.5. The minimum absolute atomic E-state index is 0.00285. The van der Waals surface area contributed by atoms with Gasteiger partial charge in [-0.15, -0.1) is 0 Å². The zero-order chi connectivity index (χ0) is 18.7. The van der Waals surface area contributed by atoms with Crippen LogP contribution in [-0.4, -0.2) is 32.3 Å². The van der Waals surface area contributed by atoms with E-state index in [1.54, 1.807) is 6.07 Å². The highest BCUT2D eigenvalue weighted by atomic mass is 16.6. The molecule has 1 aromatic heterocycles. The molecular formula is C18H17N3O5. The number of benzene rings is 2. The van der Waals surface area contributed by atoms with Gasteiger partial charge in [0.05, 0.1) is 28.7 Å². The van der Waals surface area contributed by atoms with Crippen LogP contribution in [0.4, 0.5) is 5.69 Å². The standard InChI is InChI=1S/C18H17N3O5/c1-12-3-2-4-15(7-12)26-10-14(22)9-20-11-19-17-6-5-13(21(24)25)8-16(17)18(20)23/h2-8,11,14,22H,9-10H2,1H3. The molecule has 1 unspecified atom stereocenters. The van der Waals surface area contributed by atoms with Crippen molar-refractivity contribution in [3.8, 4) is 5.75 Å². The Morgan fingerprint density at radius 2 is 2.12 bits per heavy atom. The van der Waals surface area contributed by atoms with Gasteiger partial charge >= 0.3 is 0 Å². The van der Waals surface area contributed by atoms with Crippen molar-refractivity contribution in [1.82, 2.24) is 9.55 Å². The predicted octanol–water partition coefficient (Wildman–Crippen LogP) is 2.05. The second kappa shape index (κ2) is 7.32. The molecule has 26 heavy (non-hydrogen) atoms. The van der Waals surface area contributed by atoms with E-state index in [0.717, 1.165) is 5.56 Å². The van der Waals surface area contributed by atoms with Gasteiger partial charge in [-0.25, -0.2) is 4.98 Å². The van der Waals surface area contributed by atoms with E-state index >= 15 is 0 Å². The van der Waals surface area contributed by atoms with Crippen molar-refractivity contribution >= 4 is 16.6 Å². The molecule has 0 fully saturated rings. The molecule has 0 bridgehead atoms. The van der Waals surface area contributed by atoms with Crippen LogP contribution in [0.1, 0.15) is 5.56 Å². The smallest absolute Gasteiger partial charge is 0.270 e. The molecule has 2 aromatic carbocycles. The molecule has 0 aliphatic carbocycles. The van der Waals surface area contributed by atoms with Gasteiger partial charge in [0.25, 0.3) is 11.2 Å².